The number of hydrogen-bond donors (Lipinski definition) is 1. The van der Waals surface area contributed by atoms with Gasteiger partial charge in [-0.05, 0) is 12.1 Å². The van der Waals surface area contributed by atoms with Gasteiger partial charge in [-0.2, -0.15) is 0 Å². The lowest BCUT2D eigenvalue weighted by Gasteiger charge is -2.15. The van der Waals surface area contributed by atoms with Crippen LogP contribution in [0.15, 0.2) is 34.1 Å². The van der Waals surface area contributed by atoms with Gasteiger partial charge in [0.05, 0.1) is 7.11 Å². The van der Waals surface area contributed by atoms with Gasteiger partial charge in [-0.15, -0.1) is 0 Å². The van der Waals surface area contributed by atoms with Crippen LogP contribution in [0.5, 0.6) is 0 Å². The van der Waals surface area contributed by atoms with E-state index in [9.17, 15) is 16.8 Å². The highest BCUT2D eigenvalue weighted by Gasteiger charge is 2.27. The van der Waals surface area contributed by atoms with E-state index in [1.54, 1.807) is 0 Å². The van der Waals surface area contributed by atoms with Crippen molar-refractivity contribution in [3.63, 3.8) is 0 Å². The quantitative estimate of drug-likeness (QED) is 0.749. The molecule has 0 spiro atoms. The molecular weight excluding hydrogens is 268 g/mol. The van der Waals surface area contributed by atoms with Crippen molar-refractivity contribution in [3.8, 4) is 0 Å². The van der Waals surface area contributed by atoms with Crippen LogP contribution in [0.3, 0.4) is 0 Å². The lowest BCUT2D eigenvalue weighted by Crippen LogP contribution is -2.28. The molecule has 0 saturated carbocycles. The van der Waals surface area contributed by atoms with E-state index in [0.717, 1.165) is 26.3 Å². The fourth-order valence-electron chi connectivity index (χ4n) is 1.13. The number of hydrogen-bond acceptors (Lipinski definition) is 5. The minimum atomic E-state index is -4.12. The van der Waals surface area contributed by atoms with E-state index in [1.807, 2.05) is 0 Å². The summed E-state index contributed by atoms with van der Waals surface area (Å²) in [6.45, 7) is 0. The first kappa shape index (κ1) is 14.1. The number of nitrogens with zero attached hydrogens (tertiary/aromatic N) is 1. The molecule has 9 heteroatoms. The average molecular weight is 280 g/mol. The number of sulfonamides is 2. The largest absolute Gasteiger partial charge is 0.288 e. The van der Waals surface area contributed by atoms with Crippen molar-refractivity contribution in [1.29, 1.82) is 0 Å². The Labute approximate surface area is 99.9 Å². The standard InChI is InChI=1S/C8H12N2O5S2/c1-10(15-2)17(13,14)8-6-4-3-5-7(8)16(9,11)12/h3-6H,1-2H3,(H2,9,11,12). The molecule has 0 atom stereocenters. The molecule has 0 radical (unpaired) electrons. The Hall–Kier alpha value is -1.00. The molecule has 1 rings (SSSR count). The van der Waals surface area contributed by atoms with Gasteiger partial charge in [0.25, 0.3) is 10.0 Å². The average Bonchev–Trinajstić information content (AvgIpc) is 2.26. The molecule has 0 saturated heterocycles. The fraction of sp³-hybridized carbons (Fsp3) is 0.250. The second kappa shape index (κ2) is 4.70. The first-order valence-corrected chi connectivity index (χ1v) is 7.34. The zero-order valence-electron chi connectivity index (χ0n) is 9.19. The normalized spacial score (nSPS) is 12.9. The summed E-state index contributed by atoms with van der Waals surface area (Å²) in [7, 11) is -5.87. The molecule has 0 aliphatic rings. The summed E-state index contributed by atoms with van der Waals surface area (Å²) >= 11 is 0. The maximum atomic E-state index is 11.9. The van der Waals surface area contributed by atoms with E-state index in [2.05, 4.69) is 4.84 Å². The van der Waals surface area contributed by atoms with Gasteiger partial charge in [0, 0.05) is 7.05 Å². The van der Waals surface area contributed by atoms with Crippen molar-refractivity contribution in [1.82, 2.24) is 4.47 Å². The SMILES string of the molecule is CON(C)S(=O)(=O)c1ccccc1S(N)(=O)=O. The van der Waals surface area contributed by atoms with Crippen molar-refractivity contribution in [2.24, 2.45) is 5.14 Å². The fourth-order valence-corrected chi connectivity index (χ4v) is 3.46. The van der Waals surface area contributed by atoms with Gasteiger partial charge < -0.3 is 0 Å². The molecule has 0 amide bonds. The highest BCUT2D eigenvalue weighted by molar-refractivity contribution is 7.92. The summed E-state index contributed by atoms with van der Waals surface area (Å²) in [5, 5.41) is 4.94. The summed E-state index contributed by atoms with van der Waals surface area (Å²) in [6, 6.07) is 5.03. The molecular formula is C8H12N2O5S2. The van der Waals surface area contributed by atoms with Crippen LogP contribution in [-0.4, -0.2) is 35.5 Å². The number of nitrogens with two attached hydrogens (primary N) is 1. The Morgan fingerprint density at radius 2 is 1.59 bits per heavy atom. The number of benzene rings is 1. The monoisotopic (exact) mass is 280 g/mol. The maximum absolute atomic E-state index is 11.9. The lowest BCUT2D eigenvalue weighted by atomic mass is 10.4. The van der Waals surface area contributed by atoms with Gasteiger partial charge in [-0.3, -0.25) is 4.84 Å². The zero-order chi connectivity index (χ0) is 13.3. The Morgan fingerprint density at radius 1 is 1.12 bits per heavy atom. The van der Waals surface area contributed by atoms with Gasteiger partial charge in [0.2, 0.25) is 10.0 Å². The van der Waals surface area contributed by atoms with Crippen molar-refractivity contribution in [3.05, 3.63) is 24.3 Å². The first-order chi connectivity index (χ1) is 7.71. The van der Waals surface area contributed by atoms with Gasteiger partial charge in [-0.1, -0.05) is 16.6 Å². The predicted molar refractivity (Wildman–Crippen MR) is 59.8 cm³/mol. The third-order valence-electron chi connectivity index (χ3n) is 2.03. The topological polar surface area (TPSA) is 107 Å². The van der Waals surface area contributed by atoms with E-state index in [4.69, 9.17) is 5.14 Å². The van der Waals surface area contributed by atoms with Crippen LogP contribution in [0.2, 0.25) is 0 Å². The number of primary sulfonamides is 1. The van der Waals surface area contributed by atoms with Gasteiger partial charge >= 0.3 is 0 Å². The van der Waals surface area contributed by atoms with Crippen LogP contribution in [0.4, 0.5) is 0 Å². The molecule has 0 unspecified atom stereocenters. The molecule has 1 aromatic carbocycles. The Morgan fingerprint density at radius 3 is 2.00 bits per heavy atom. The highest BCUT2D eigenvalue weighted by atomic mass is 32.2. The molecule has 0 aliphatic carbocycles. The molecule has 1 aromatic rings. The van der Waals surface area contributed by atoms with E-state index in [0.29, 0.717) is 4.47 Å². The minimum Gasteiger partial charge on any atom is -0.288 e. The molecule has 96 valence electrons. The van der Waals surface area contributed by atoms with Gasteiger partial charge in [-0.25, -0.2) is 22.0 Å². The molecule has 0 aliphatic heterocycles. The van der Waals surface area contributed by atoms with Crippen LogP contribution in [-0.2, 0) is 24.9 Å². The Balaban J connectivity index is 3.54. The van der Waals surface area contributed by atoms with Crippen molar-refractivity contribution in [2.45, 2.75) is 9.79 Å². The predicted octanol–water partition coefficient (Wildman–Crippen LogP) is -0.484. The summed E-state index contributed by atoms with van der Waals surface area (Å²) < 4.78 is 46.9. The van der Waals surface area contributed by atoms with E-state index in [-0.39, 0.29) is 0 Å². The number of hydroxylamine groups is 1. The van der Waals surface area contributed by atoms with Crippen LogP contribution >= 0.6 is 0 Å². The second-order valence-corrected chi connectivity index (χ2v) is 6.52. The molecule has 0 fully saturated rings. The lowest BCUT2D eigenvalue weighted by molar-refractivity contribution is -0.0260. The first-order valence-electron chi connectivity index (χ1n) is 4.36. The highest BCUT2D eigenvalue weighted by Crippen LogP contribution is 2.22. The molecule has 17 heavy (non-hydrogen) atoms. The number of rotatable bonds is 4. The maximum Gasteiger partial charge on any atom is 0.266 e. The van der Waals surface area contributed by atoms with Gasteiger partial charge in [0.1, 0.15) is 9.79 Å². The van der Waals surface area contributed by atoms with Gasteiger partial charge in [0.15, 0.2) is 0 Å². The van der Waals surface area contributed by atoms with Crippen molar-refractivity contribution in [2.75, 3.05) is 14.2 Å². The third-order valence-corrected chi connectivity index (χ3v) is 4.87. The summed E-state index contributed by atoms with van der Waals surface area (Å²) in [6.07, 6.45) is 0. The summed E-state index contributed by atoms with van der Waals surface area (Å²) in [5.41, 5.74) is 0. The summed E-state index contributed by atoms with van der Waals surface area (Å²) in [4.78, 5) is 3.65. The Kier molecular flexibility index (Phi) is 3.89. The zero-order valence-corrected chi connectivity index (χ0v) is 10.8. The van der Waals surface area contributed by atoms with E-state index in [1.165, 1.54) is 12.1 Å². The molecule has 0 aromatic heterocycles. The molecule has 7 nitrogen and oxygen atoms in total. The van der Waals surface area contributed by atoms with E-state index >= 15 is 0 Å². The third kappa shape index (κ3) is 2.82. The van der Waals surface area contributed by atoms with Crippen LogP contribution in [0.1, 0.15) is 0 Å². The molecule has 2 N–H and O–H groups in total. The van der Waals surface area contributed by atoms with Crippen LogP contribution in [0.25, 0.3) is 0 Å². The Bertz CT molecular complexity index is 609. The summed E-state index contributed by atoms with van der Waals surface area (Å²) in [5.74, 6) is 0. The van der Waals surface area contributed by atoms with Crippen molar-refractivity contribution >= 4 is 20.0 Å². The second-order valence-electron chi connectivity index (χ2n) is 3.09. The van der Waals surface area contributed by atoms with Crippen LogP contribution < -0.4 is 5.14 Å². The minimum absolute atomic E-state index is 0.424. The van der Waals surface area contributed by atoms with Crippen molar-refractivity contribution < 1.29 is 21.7 Å². The van der Waals surface area contributed by atoms with Crippen LogP contribution in [0, 0.1) is 0 Å². The molecule has 0 bridgehead atoms. The van der Waals surface area contributed by atoms with E-state index < -0.39 is 29.8 Å². The smallest absolute Gasteiger partial charge is 0.266 e. The molecule has 0 heterocycles.